The van der Waals surface area contributed by atoms with Crippen molar-refractivity contribution in [3.8, 4) is 11.5 Å². The summed E-state index contributed by atoms with van der Waals surface area (Å²) < 4.78 is 5.63. The molecule has 0 bridgehead atoms. The lowest BCUT2D eigenvalue weighted by molar-refractivity contribution is 0.0594. The van der Waals surface area contributed by atoms with Crippen LogP contribution in [0.5, 0.6) is 11.5 Å². The first-order valence-corrected chi connectivity index (χ1v) is 9.79. The number of ether oxygens (including phenoxy) is 1. The van der Waals surface area contributed by atoms with Crippen LogP contribution < -0.4 is 10.1 Å². The minimum atomic E-state index is -0.534. The van der Waals surface area contributed by atoms with Crippen molar-refractivity contribution >= 4 is 11.6 Å². The molecule has 1 heterocycles. The predicted octanol–water partition coefficient (Wildman–Crippen LogP) is 5.12. The molecule has 0 radical (unpaired) electrons. The van der Waals surface area contributed by atoms with E-state index in [0.717, 1.165) is 11.3 Å². The van der Waals surface area contributed by atoms with Crippen LogP contribution in [0.4, 0.5) is 5.69 Å². The molecule has 29 heavy (non-hydrogen) atoms. The van der Waals surface area contributed by atoms with Crippen molar-refractivity contribution in [2.45, 2.75) is 26.1 Å². The van der Waals surface area contributed by atoms with Gasteiger partial charge in [0.25, 0.3) is 5.91 Å². The van der Waals surface area contributed by atoms with Crippen LogP contribution in [-0.2, 0) is 0 Å². The number of nitrogens with zero attached hydrogens (tertiary/aromatic N) is 1. The second kappa shape index (κ2) is 7.87. The highest BCUT2D eigenvalue weighted by Gasteiger charge is 2.37. The molecule has 5 heteroatoms. The Bertz CT molecular complexity index is 1020. The molecule has 3 aromatic carbocycles. The number of carbonyl (C=O) groups excluding carboxylic acids is 1. The second-order valence-corrected chi connectivity index (χ2v) is 7.05. The molecule has 2 N–H and O–H groups in total. The summed E-state index contributed by atoms with van der Waals surface area (Å²) in [5.74, 6) is 0.686. The number of fused-ring (bicyclic) bond motifs is 1. The molecule has 5 nitrogen and oxygen atoms in total. The van der Waals surface area contributed by atoms with Crippen molar-refractivity contribution < 1.29 is 14.6 Å². The van der Waals surface area contributed by atoms with Gasteiger partial charge in [0.05, 0.1) is 18.2 Å². The van der Waals surface area contributed by atoms with Gasteiger partial charge in [-0.1, -0.05) is 42.5 Å². The minimum Gasteiger partial charge on any atom is -0.508 e. The molecule has 0 saturated heterocycles. The molecule has 148 valence electrons. The summed E-state index contributed by atoms with van der Waals surface area (Å²) in [7, 11) is 0. The van der Waals surface area contributed by atoms with Crippen molar-refractivity contribution in [1.29, 1.82) is 0 Å². The smallest absolute Gasteiger partial charge is 0.258 e. The molecular weight excluding hydrogens is 364 g/mol. The van der Waals surface area contributed by atoms with Crippen molar-refractivity contribution in [2.75, 3.05) is 11.9 Å². The summed E-state index contributed by atoms with van der Waals surface area (Å²) >= 11 is 0. The van der Waals surface area contributed by atoms with Gasteiger partial charge < -0.3 is 20.1 Å². The summed E-state index contributed by atoms with van der Waals surface area (Å²) in [4.78, 5) is 15.3. The largest absolute Gasteiger partial charge is 0.508 e. The fourth-order valence-electron chi connectivity index (χ4n) is 3.80. The van der Waals surface area contributed by atoms with E-state index in [1.807, 2.05) is 68.4 Å². The van der Waals surface area contributed by atoms with Gasteiger partial charge in [-0.05, 0) is 49.7 Å². The average Bonchev–Trinajstić information content (AvgIpc) is 2.75. The number of benzene rings is 3. The van der Waals surface area contributed by atoms with Crippen molar-refractivity contribution in [3.63, 3.8) is 0 Å². The van der Waals surface area contributed by atoms with E-state index >= 15 is 0 Å². The summed E-state index contributed by atoms with van der Waals surface area (Å²) in [5, 5.41) is 14.1. The number of rotatable bonds is 5. The molecule has 0 fully saturated rings. The van der Waals surface area contributed by atoms with Crippen molar-refractivity contribution in [2.24, 2.45) is 0 Å². The van der Waals surface area contributed by atoms with Crippen LogP contribution in [0.2, 0.25) is 0 Å². The molecule has 0 spiro atoms. The van der Waals surface area contributed by atoms with E-state index in [2.05, 4.69) is 5.32 Å². The Morgan fingerprint density at radius 1 is 1.07 bits per heavy atom. The van der Waals surface area contributed by atoms with E-state index in [1.165, 1.54) is 0 Å². The van der Waals surface area contributed by atoms with Gasteiger partial charge >= 0.3 is 0 Å². The van der Waals surface area contributed by atoms with E-state index in [9.17, 15) is 9.90 Å². The number of nitrogens with one attached hydrogen (secondary N) is 1. The zero-order chi connectivity index (χ0) is 20.4. The topological polar surface area (TPSA) is 61.8 Å². The Morgan fingerprint density at radius 3 is 2.55 bits per heavy atom. The Balaban J connectivity index is 1.83. The number of anilines is 1. The molecule has 1 aliphatic heterocycles. The zero-order valence-electron chi connectivity index (χ0n) is 16.5. The fourth-order valence-corrected chi connectivity index (χ4v) is 3.80. The number of hydrogen-bond acceptors (Lipinski definition) is 4. The molecule has 0 aliphatic carbocycles. The maximum Gasteiger partial charge on any atom is 0.258 e. The maximum absolute atomic E-state index is 13.5. The summed E-state index contributed by atoms with van der Waals surface area (Å²) in [6.07, 6.45) is -0.534. The predicted molar refractivity (Wildman–Crippen MR) is 113 cm³/mol. The lowest BCUT2D eigenvalue weighted by Gasteiger charge is -2.42. The normalized spacial score (nSPS) is 16.7. The summed E-state index contributed by atoms with van der Waals surface area (Å²) in [5.41, 5.74) is 2.99. The van der Waals surface area contributed by atoms with Crippen LogP contribution in [0.25, 0.3) is 0 Å². The van der Waals surface area contributed by atoms with Gasteiger partial charge in [0.15, 0.2) is 0 Å². The molecule has 1 aliphatic rings. The third kappa shape index (κ3) is 3.51. The number of amides is 1. The SMILES string of the molecule is CCOc1ccc(O)c([C@H]2Nc3ccccc3C(=O)N2[C@@H](C)c2ccccc2)c1. The maximum atomic E-state index is 13.5. The first kappa shape index (κ1) is 18.9. The van der Waals surface area contributed by atoms with E-state index in [4.69, 9.17) is 4.74 Å². The average molecular weight is 388 g/mol. The fraction of sp³-hybridized carbons (Fsp3) is 0.208. The monoisotopic (exact) mass is 388 g/mol. The van der Waals surface area contributed by atoms with Gasteiger partial charge in [-0.3, -0.25) is 4.79 Å². The highest BCUT2D eigenvalue weighted by atomic mass is 16.5. The molecule has 0 aromatic heterocycles. The minimum absolute atomic E-state index is 0.0816. The van der Waals surface area contributed by atoms with Gasteiger partial charge in [0.2, 0.25) is 0 Å². The van der Waals surface area contributed by atoms with Gasteiger partial charge in [-0.15, -0.1) is 0 Å². The number of phenols is 1. The molecule has 1 amide bonds. The summed E-state index contributed by atoms with van der Waals surface area (Å²) in [6.45, 7) is 4.43. The third-order valence-electron chi connectivity index (χ3n) is 5.27. The van der Waals surface area contributed by atoms with Crippen LogP contribution >= 0.6 is 0 Å². The van der Waals surface area contributed by atoms with E-state index < -0.39 is 6.17 Å². The molecule has 3 aromatic rings. The van der Waals surface area contributed by atoms with Gasteiger partial charge in [-0.25, -0.2) is 0 Å². The van der Waals surface area contributed by atoms with Crippen LogP contribution in [0.3, 0.4) is 0 Å². The number of carbonyl (C=O) groups is 1. The zero-order valence-corrected chi connectivity index (χ0v) is 16.5. The second-order valence-electron chi connectivity index (χ2n) is 7.05. The van der Waals surface area contributed by atoms with Crippen molar-refractivity contribution in [1.82, 2.24) is 4.90 Å². The summed E-state index contributed by atoms with van der Waals surface area (Å²) in [6, 6.07) is 22.3. The highest BCUT2D eigenvalue weighted by Crippen LogP contribution is 2.41. The Morgan fingerprint density at radius 2 is 1.79 bits per heavy atom. The van der Waals surface area contributed by atoms with E-state index in [-0.39, 0.29) is 17.7 Å². The molecule has 0 unspecified atom stereocenters. The van der Waals surface area contributed by atoms with E-state index in [1.54, 1.807) is 23.1 Å². The van der Waals surface area contributed by atoms with Gasteiger partial charge in [-0.2, -0.15) is 0 Å². The van der Waals surface area contributed by atoms with Gasteiger partial charge in [0.1, 0.15) is 17.7 Å². The number of phenolic OH excluding ortho intramolecular Hbond substituents is 1. The highest BCUT2D eigenvalue weighted by molar-refractivity contribution is 6.02. The first-order chi connectivity index (χ1) is 14.1. The quantitative estimate of drug-likeness (QED) is 0.637. The molecular formula is C24H24N2O3. The number of hydrogen-bond donors (Lipinski definition) is 2. The van der Waals surface area contributed by atoms with Crippen LogP contribution in [0, 0.1) is 0 Å². The lowest BCUT2D eigenvalue weighted by Crippen LogP contribution is -2.44. The molecule has 2 atom stereocenters. The Labute approximate surface area is 170 Å². The first-order valence-electron chi connectivity index (χ1n) is 9.79. The van der Waals surface area contributed by atoms with E-state index in [0.29, 0.717) is 23.5 Å². The number of aromatic hydroxyl groups is 1. The van der Waals surface area contributed by atoms with Crippen LogP contribution in [0.15, 0.2) is 72.8 Å². The van der Waals surface area contributed by atoms with Crippen molar-refractivity contribution in [3.05, 3.63) is 89.5 Å². The standard InChI is InChI=1S/C24H24N2O3/c1-3-29-18-13-14-22(27)20(15-18)23-25-21-12-8-7-11-19(21)24(28)26(23)16(2)17-9-5-4-6-10-17/h4-16,23,25,27H,3H2,1-2H3/t16-,23-/m0/s1. The Kier molecular flexibility index (Phi) is 5.12. The number of para-hydroxylation sites is 1. The van der Waals surface area contributed by atoms with Gasteiger partial charge in [0, 0.05) is 11.3 Å². The Hall–Kier alpha value is -3.47. The van der Waals surface area contributed by atoms with Crippen LogP contribution in [-0.4, -0.2) is 22.5 Å². The molecule has 0 saturated carbocycles. The third-order valence-corrected chi connectivity index (χ3v) is 5.27. The van der Waals surface area contributed by atoms with Crippen LogP contribution in [0.1, 0.15) is 47.5 Å². The molecule has 4 rings (SSSR count). The lowest BCUT2D eigenvalue weighted by atomic mass is 9.98.